The number of nitrogens with zero attached hydrogens (tertiary/aromatic N) is 1. The van der Waals surface area contributed by atoms with Crippen LogP contribution in [0.2, 0.25) is 10.0 Å². The van der Waals surface area contributed by atoms with Crippen LogP contribution in [-0.4, -0.2) is 10.8 Å². The van der Waals surface area contributed by atoms with Crippen LogP contribution in [0.3, 0.4) is 0 Å². The van der Waals surface area contributed by atoms with Gasteiger partial charge in [0.1, 0.15) is 18.0 Å². The maximum Gasteiger partial charge on any atom is 0.296 e. The molecule has 3 aromatic carbocycles. The molecule has 3 aromatic rings. The maximum atomic E-state index is 12.2. The fraction of sp³-hybridized carbons (Fsp3) is 0.0952. The Bertz CT molecular complexity index is 1040. The van der Waals surface area contributed by atoms with Crippen LogP contribution in [0.1, 0.15) is 11.1 Å². The van der Waals surface area contributed by atoms with Gasteiger partial charge in [-0.3, -0.25) is 14.9 Å². The number of nitro groups is 1. The van der Waals surface area contributed by atoms with Gasteiger partial charge in [0.25, 0.3) is 5.69 Å². The number of nitrogens with one attached hydrogen (secondary N) is 1. The summed E-state index contributed by atoms with van der Waals surface area (Å²) in [7, 11) is 0. The van der Waals surface area contributed by atoms with Crippen LogP contribution in [0.25, 0.3) is 0 Å². The molecule has 0 saturated carbocycles. The second-order valence-corrected chi connectivity index (χ2v) is 7.01. The summed E-state index contributed by atoms with van der Waals surface area (Å²) in [6, 6.07) is 18.4. The van der Waals surface area contributed by atoms with Crippen LogP contribution in [0, 0.1) is 10.1 Å². The molecule has 0 saturated heterocycles. The molecule has 0 fully saturated rings. The molecule has 0 aromatic heterocycles. The second-order valence-electron chi connectivity index (χ2n) is 6.17. The highest BCUT2D eigenvalue weighted by Gasteiger charge is 2.18. The van der Waals surface area contributed by atoms with Crippen LogP contribution in [0.5, 0.6) is 5.75 Å². The third kappa shape index (κ3) is 5.70. The van der Waals surface area contributed by atoms with Crippen molar-refractivity contribution < 1.29 is 14.5 Å². The first-order valence-electron chi connectivity index (χ1n) is 8.61. The maximum absolute atomic E-state index is 12.2. The lowest BCUT2D eigenvalue weighted by Crippen LogP contribution is -2.15. The normalized spacial score (nSPS) is 10.4. The molecule has 0 aliphatic rings. The van der Waals surface area contributed by atoms with Crippen molar-refractivity contribution in [2.75, 3.05) is 5.32 Å². The van der Waals surface area contributed by atoms with E-state index in [4.69, 9.17) is 27.9 Å². The lowest BCUT2D eigenvalue weighted by Gasteiger charge is -2.10. The Morgan fingerprint density at radius 1 is 1.03 bits per heavy atom. The van der Waals surface area contributed by atoms with E-state index in [1.807, 2.05) is 30.3 Å². The van der Waals surface area contributed by atoms with Crippen LogP contribution in [0.15, 0.2) is 66.7 Å². The van der Waals surface area contributed by atoms with Gasteiger partial charge in [-0.1, -0.05) is 59.6 Å². The number of rotatable bonds is 7. The van der Waals surface area contributed by atoms with Crippen molar-refractivity contribution in [2.45, 2.75) is 13.0 Å². The largest absolute Gasteiger partial charge is 0.489 e. The molecular formula is C21H16Cl2N2O4. The summed E-state index contributed by atoms with van der Waals surface area (Å²) in [5, 5.41) is 15.0. The average Bonchev–Trinajstić information content (AvgIpc) is 2.68. The van der Waals surface area contributed by atoms with Crippen LogP contribution in [-0.2, 0) is 17.8 Å². The van der Waals surface area contributed by atoms with Gasteiger partial charge in [0.05, 0.1) is 17.4 Å². The number of amides is 1. The van der Waals surface area contributed by atoms with Crippen molar-refractivity contribution in [1.29, 1.82) is 0 Å². The molecule has 8 heteroatoms. The zero-order valence-corrected chi connectivity index (χ0v) is 16.6. The van der Waals surface area contributed by atoms with E-state index >= 15 is 0 Å². The molecule has 0 aliphatic carbocycles. The number of ether oxygens (including phenoxy) is 1. The molecule has 0 atom stereocenters. The Kier molecular flexibility index (Phi) is 6.69. The zero-order chi connectivity index (χ0) is 20.8. The van der Waals surface area contributed by atoms with Crippen LogP contribution < -0.4 is 10.1 Å². The first-order chi connectivity index (χ1) is 13.9. The fourth-order valence-corrected chi connectivity index (χ4v) is 3.10. The highest BCUT2D eigenvalue weighted by atomic mass is 35.5. The van der Waals surface area contributed by atoms with Gasteiger partial charge in [-0.25, -0.2) is 0 Å². The zero-order valence-electron chi connectivity index (χ0n) is 15.1. The number of benzene rings is 3. The first kappa shape index (κ1) is 20.6. The number of halogens is 2. The van der Waals surface area contributed by atoms with Gasteiger partial charge >= 0.3 is 0 Å². The molecule has 0 bridgehead atoms. The molecule has 148 valence electrons. The van der Waals surface area contributed by atoms with Gasteiger partial charge < -0.3 is 10.1 Å². The van der Waals surface area contributed by atoms with Gasteiger partial charge in [0, 0.05) is 15.6 Å². The summed E-state index contributed by atoms with van der Waals surface area (Å²) < 4.78 is 5.61. The van der Waals surface area contributed by atoms with Crippen molar-refractivity contribution >= 4 is 40.5 Å². The van der Waals surface area contributed by atoms with Gasteiger partial charge in [0.15, 0.2) is 0 Å². The van der Waals surface area contributed by atoms with Crippen LogP contribution >= 0.6 is 23.2 Å². The van der Waals surface area contributed by atoms with Gasteiger partial charge in [0.2, 0.25) is 5.91 Å². The molecule has 0 spiro atoms. The van der Waals surface area contributed by atoms with E-state index in [0.29, 0.717) is 15.6 Å². The standard InChI is InChI=1S/C21H16Cl2N2O4/c22-16-7-6-15(18(23)11-16)13-29-17-8-9-19(20(12-17)25(27)28)24-21(26)10-14-4-2-1-3-5-14/h1-9,11-12H,10,13H2,(H,24,26). The van der Waals surface area contributed by atoms with Crippen molar-refractivity contribution in [1.82, 2.24) is 0 Å². The molecule has 0 unspecified atom stereocenters. The van der Waals surface area contributed by atoms with E-state index in [-0.39, 0.29) is 36.1 Å². The SMILES string of the molecule is O=C(Cc1ccccc1)Nc1ccc(OCc2ccc(Cl)cc2Cl)cc1[N+](=O)[O-]. The smallest absolute Gasteiger partial charge is 0.296 e. The topological polar surface area (TPSA) is 81.5 Å². The molecule has 6 nitrogen and oxygen atoms in total. The highest BCUT2D eigenvalue weighted by molar-refractivity contribution is 6.35. The Morgan fingerprint density at radius 3 is 2.48 bits per heavy atom. The van der Waals surface area contributed by atoms with Gasteiger partial charge in [-0.05, 0) is 29.8 Å². The van der Waals surface area contributed by atoms with Crippen molar-refractivity contribution in [2.24, 2.45) is 0 Å². The summed E-state index contributed by atoms with van der Waals surface area (Å²) in [5.74, 6) is -0.0651. The molecule has 0 radical (unpaired) electrons. The third-order valence-corrected chi connectivity index (χ3v) is 4.64. The van der Waals surface area contributed by atoms with Crippen molar-refractivity contribution in [3.05, 3.63) is 98.0 Å². The predicted molar refractivity (Wildman–Crippen MR) is 113 cm³/mol. The van der Waals surface area contributed by atoms with E-state index in [1.165, 1.54) is 12.1 Å². The molecule has 3 rings (SSSR count). The van der Waals surface area contributed by atoms with E-state index in [0.717, 1.165) is 5.56 Å². The van der Waals surface area contributed by atoms with Crippen LogP contribution in [0.4, 0.5) is 11.4 Å². The Morgan fingerprint density at radius 2 is 1.79 bits per heavy atom. The number of carbonyl (C=O) groups is 1. The minimum absolute atomic E-state index is 0.104. The molecule has 29 heavy (non-hydrogen) atoms. The molecule has 0 heterocycles. The summed E-state index contributed by atoms with van der Waals surface area (Å²) in [4.78, 5) is 23.1. The monoisotopic (exact) mass is 430 g/mol. The number of hydrogen-bond acceptors (Lipinski definition) is 4. The fourth-order valence-electron chi connectivity index (χ4n) is 2.63. The molecule has 1 N–H and O–H groups in total. The third-order valence-electron chi connectivity index (χ3n) is 4.06. The highest BCUT2D eigenvalue weighted by Crippen LogP contribution is 2.30. The second kappa shape index (κ2) is 9.41. The number of hydrogen-bond donors (Lipinski definition) is 1. The number of carbonyl (C=O) groups excluding carboxylic acids is 1. The summed E-state index contributed by atoms with van der Waals surface area (Å²) in [5.41, 5.74) is 1.35. The lowest BCUT2D eigenvalue weighted by atomic mass is 10.1. The number of anilines is 1. The Hall–Kier alpha value is -3.09. The van der Waals surface area contributed by atoms with E-state index in [1.54, 1.807) is 24.3 Å². The number of nitro benzene ring substituents is 1. The molecular weight excluding hydrogens is 415 g/mol. The summed E-state index contributed by atoms with van der Waals surface area (Å²) >= 11 is 12.0. The van der Waals surface area contributed by atoms with Crippen molar-refractivity contribution in [3.63, 3.8) is 0 Å². The van der Waals surface area contributed by atoms with Gasteiger partial charge in [-0.15, -0.1) is 0 Å². The summed E-state index contributed by atoms with van der Waals surface area (Å²) in [6.07, 6.45) is 0.116. The minimum atomic E-state index is -0.569. The predicted octanol–water partition coefficient (Wildman–Crippen LogP) is 5.66. The van der Waals surface area contributed by atoms with E-state index in [9.17, 15) is 14.9 Å². The Balaban J connectivity index is 1.71. The van der Waals surface area contributed by atoms with E-state index < -0.39 is 4.92 Å². The van der Waals surface area contributed by atoms with E-state index in [2.05, 4.69) is 5.32 Å². The quantitative estimate of drug-likeness (QED) is 0.387. The first-order valence-corrected chi connectivity index (χ1v) is 9.37. The minimum Gasteiger partial charge on any atom is -0.489 e. The molecule has 1 amide bonds. The van der Waals surface area contributed by atoms with Crippen molar-refractivity contribution in [3.8, 4) is 5.75 Å². The molecule has 0 aliphatic heterocycles. The summed E-state index contributed by atoms with van der Waals surface area (Å²) in [6.45, 7) is 0.118. The average molecular weight is 431 g/mol. The lowest BCUT2D eigenvalue weighted by molar-refractivity contribution is -0.384. The van der Waals surface area contributed by atoms with Gasteiger partial charge in [-0.2, -0.15) is 0 Å². The Labute approximate surface area is 177 Å².